The minimum Gasteiger partial charge on any atom is -0.311 e. The topological polar surface area (TPSA) is 49.4 Å². The van der Waals surface area contributed by atoms with E-state index >= 15 is 0 Å². The molecule has 114 valence electrons. The van der Waals surface area contributed by atoms with Crippen molar-refractivity contribution in [3.05, 3.63) is 0 Å². The van der Waals surface area contributed by atoms with Gasteiger partial charge in [0.2, 0.25) is 0 Å². The van der Waals surface area contributed by atoms with Crippen molar-refractivity contribution in [3.8, 4) is 0 Å². The zero-order chi connectivity index (χ0) is 14.5. The molecule has 19 heavy (non-hydrogen) atoms. The molecule has 1 aliphatic heterocycles. The van der Waals surface area contributed by atoms with Crippen LogP contribution in [-0.2, 0) is 9.84 Å². The first-order chi connectivity index (χ1) is 8.87. The number of hydrogen-bond acceptors (Lipinski definition) is 4. The highest BCUT2D eigenvalue weighted by atomic mass is 32.2. The van der Waals surface area contributed by atoms with Gasteiger partial charge in [-0.2, -0.15) is 0 Å². The highest BCUT2D eigenvalue weighted by Gasteiger charge is 2.38. The lowest BCUT2D eigenvalue weighted by Crippen LogP contribution is -2.64. The van der Waals surface area contributed by atoms with E-state index in [1.54, 1.807) is 0 Å². The molecule has 0 spiro atoms. The van der Waals surface area contributed by atoms with E-state index in [0.717, 1.165) is 25.9 Å². The summed E-state index contributed by atoms with van der Waals surface area (Å²) in [6.07, 6.45) is 5.80. The maximum atomic E-state index is 11.4. The Kier molecular flexibility index (Phi) is 6.27. The number of nitrogens with one attached hydrogen (secondary N) is 1. The first-order valence-corrected chi connectivity index (χ1v) is 9.59. The summed E-state index contributed by atoms with van der Waals surface area (Å²) in [5.41, 5.74) is 0.134. The van der Waals surface area contributed by atoms with Crippen molar-refractivity contribution in [3.63, 3.8) is 0 Å². The van der Waals surface area contributed by atoms with Crippen LogP contribution in [0.2, 0.25) is 0 Å². The van der Waals surface area contributed by atoms with Crippen LogP contribution in [-0.4, -0.2) is 56.5 Å². The largest absolute Gasteiger partial charge is 0.311 e. The molecule has 1 unspecified atom stereocenters. The van der Waals surface area contributed by atoms with Crippen LogP contribution in [0.1, 0.15) is 46.5 Å². The van der Waals surface area contributed by atoms with Crippen molar-refractivity contribution in [1.29, 1.82) is 0 Å². The fraction of sp³-hybridized carbons (Fsp3) is 1.00. The SMILES string of the molecule is CCCC1CN(CCS(C)(=O)=O)C(CC)(CC)CN1. The van der Waals surface area contributed by atoms with Crippen LogP contribution in [0, 0.1) is 0 Å². The molecular formula is C14H30N2O2S. The molecule has 1 rings (SSSR count). The predicted molar refractivity (Wildman–Crippen MR) is 81.3 cm³/mol. The summed E-state index contributed by atoms with van der Waals surface area (Å²) in [7, 11) is -2.88. The van der Waals surface area contributed by atoms with Crippen LogP contribution in [0.15, 0.2) is 0 Å². The third kappa shape index (κ3) is 4.72. The van der Waals surface area contributed by atoms with Crippen LogP contribution in [0.25, 0.3) is 0 Å². The van der Waals surface area contributed by atoms with Crippen LogP contribution >= 0.6 is 0 Å². The second kappa shape index (κ2) is 7.04. The molecule has 1 heterocycles. The number of rotatable bonds is 7. The van der Waals surface area contributed by atoms with Gasteiger partial charge < -0.3 is 5.32 Å². The molecule has 1 atom stereocenters. The van der Waals surface area contributed by atoms with Gasteiger partial charge in [0.1, 0.15) is 9.84 Å². The Labute approximate surface area is 118 Å². The first-order valence-electron chi connectivity index (χ1n) is 7.53. The Morgan fingerprint density at radius 1 is 1.26 bits per heavy atom. The highest BCUT2D eigenvalue weighted by molar-refractivity contribution is 7.90. The number of nitrogens with zero attached hydrogens (tertiary/aromatic N) is 1. The molecule has 0 aromatic carbocycles. The normalized spacial score (nSPS) is 24.5. The van der Waals surface area contributed by atoms with Gasteiger partial charge in [0.15, 0.2) is 0 Å². The van der Waals surface area contributed by atoms with E-state index in [1.165, 1.54) is 19.1 Å². The first kappa shape index (κ1) is 16.9. The molecule has 1 aliphatic rings. The number of sulfone groups is 1. The van der Waals surface area contributed by atoms with Crippen molar-refractivity contribution in [2.24, 2.45) is 0 Å². The molecule has 0 aliphatic carbocycles. The lowest BCUT2D eigenvalue weighted by Gasteiger charge is -2.49. The molecule has 4 nitrogen and oxygen atoms in total. The average Bonchev–Trinajstić information content (AvgIpc) is 2.36. The standard InChI is InChI=1S/C14H30N2O2S/c1-5-8-13-11-16(9-10-19(4,17)18)14(6-2,7-3)12-15-13/h13,15H,5-12H2,1-4H3. The van der Waals surface area contributed by atoms with Crippen LogP contribution in [0.3, 0.4) is 0 Å². The lowest BCUT2D eigenvalue weighted by molar-refractivity contribution is 0.0353. The fourth-order valence-electron chi connectivity index (χ4n) is 3.06. The van der Waals surface area contributed by atoms with Gasteiger partial charge >= 0.3 is 0 Å². The molecule has 1 saturated heterocycles. The van der Waals surface area contributed by atoms with Crippen molar-refractivity contribution in [1.82, 2.24) is 10.2 Å². The van der Waals surface area contributed by atoms with E-state index < -0.39 is 9.84 Å². The Morgan fingerprint density at radius 3 is 2.37 bits per heavy atom. The second-order valence-corrected chi connectivity index (χ2v) is 8.13. The van der Waals surface area contributed by atoms with Crippen molar-refractivity contribution >= 4 is 9.84 Å². The number of piperazine rings is 1. The maximum absolute atomic E-state index is 11.4. The summed E-state index contributed by atoms with van der Waals surface area (Å²) in [6, 6.07) is 0.510. The van der Waals surface area contributed by atoms with Gasteiger partial charge in [-0.15, -0.1) is 0 Å². The van der Waals surface area contributed by atoms with E-state index in [9.17, 15) is 8.42 Å². The van der Waals surface area contributed by atoms with E-state index in [4.69, 9.17) is 0 Å². The van der Waals surface area contributed by atoms with Gasteiger partial charge in [-0.3, -0.25) is 4.90 Å². The van der Waals surface area contributed by atoms with Crippen molar-refractivity contribution in [2.75, 3.05) is 31.6 Å². The predicted octanol–water partition coefficient (Wildman–Crippen LogP) is 1.66. The van der Waals surface area contributed by atoms with Gasteiger partial charge in [-0.05, 0) is 19.3 Å². The van der Waals surface area contributed by atoms with Gasteiger partial charge in [0, 0.05) is 37.5 Å². The van der Waals surface area contributed by atoms with E-state index in [2.05, 4.69) is 31.0 Å². The minimum atomic E-state index is -2.88. The smallest absolute Gasteiger partial charge is 0.148 e. The molecular weight excluding hydrogens is 260 g/mol. The molecule has 0 bridgehead atoms. The summed E-state index contributed by atoms with van der Waals surface area (Å²) in [6.45, 7) is 9.24. The molecule has 0 aromatic rings. The van der Waals surface area contributed by atoms with E-state index in [1.807, 2.05) is 0 Å². The summed E-state index contributed by atoms with van der Waals surface area (Å²) in [4.78, 5) is 2.42. The number of hydrogen-bond donors (Lipinski definition) is 1. The van der Waals surface area contributed by atoms with Gasteiger partial charge in [0.25, 0.3) is 0 Å². The van der Waals surface area contributed by atoms with Crippen molar-refractivity contribution < 1.29 is 8.42 Å². The third-order valence-corrected chi connectivity index (χ3v) is 5.44. The molecule has 1 N–H and O–H groups in total. The third-order valence-electron chi connectivity index (χ3n) is 4.52. The Hall–Kier alpha value is -0.130. The Morgan fingerprint density at radius 2 is 1.89 bits per heavy atom. The lowest BCUT2D eigenvalue weighted by atomic mass is 9.86. The fourth-order valence-corrected chi connectivity index (χ4v) is 3.62. The van der Waals surface area contributed by atoms with Crippen molar-refractivity contribution in [2.45, 2.75) is 58.0 Å². The maximum Gasteiger partial charge on any atom is 0.148 e. The molecule has 5 heteroatoms. The Bertz CT molecular complexity index is 364. The summed E-state index contributed by atoms with van der Waals surface area (Å²) < 4.78 is 22.9. The van der Waals surface area contributed by atoms with Gasteiger partial charge in [-0.1, -0.05) is 27.2 Å². The molecule has 0 amide bonds. The average molecular weight is 290 g/mol. The second-order valence-electron chi connectivity index (χ2n) is 5.87. The molecule has 1 fully saturated rings. The monoisotopic (exact) mass is 290 g/mol. The van der Waals surface area contributed by atoms with E-state index in [-0.39, 0.29) is 11.3 Å². The molecule has 0 radical (unpaired) electrons. The summed E-state index contributed by atoms with van der Waals surface area (Å²) in [5.74, 6) is 0.271. The van der Waals surface area contributed by atoms with Crippen LogP contribution in [0.5, 0.6) is 0 Å². The zero-order valence-electron chi connectivity index (χ0n) is 12.9. The van der Waals surface area contributed by atoms with Gasteiger partial charge in [0.05, 0.1) is 5.75 Å². The highest BCUT2D eigenvalue weighted by Crippen LogP contribution is 2.27. The van der Waals surface area contributed by atoms with E-state index in [0.29, 0.717) is 12.6 Å². The summed E-state index contributed by atoms with van der Waals surface area (Å²) >= 11 is 0. The summed E-state index contributed by atoms with van der Waals surface area (Å²) in [5, 5.41) is 3.65. The minimum absolute atomic E-state index is 0.134. The molecule has 0 saturated carbocycles. The quantitative estimate of drug-likeness (QED) is 0.775. The Balaban J connectivity index is 2.76. The molecule has 0 aromatic heterocycles. The van der Waals surface area contributed by atoms with Crippen LogP contribution in [0.4, 0.5) is 0 Å². The zero-order valence-corrected chi connectivity index (χ0v) is 13.7. The van der Waals surface area contributed by atoms with Crippen LogP contribution < -0.4 is 5.32 Å². The van der Waals surface area contributed by atoms with Gasteiger partial charge in [-0.25, -0.2) is 8.42 Å².